The maximum atomic E-state index is 12.5. The molecule has 1 heterocycles. The zero-order chi connectivity index (χ0) is 15.5. The SMILES string of the molecule is CC(=O)NC1CCN(S(=O)(=O)c2ccc(CCN)cc2)C1. The fraction of sp³-hybridized carbons (Fsp3) is 0.500. The molecule has 0 bridgehead atoms. The number of hydrogen-bond donors (Lipinski definition) is 2. The molecule has 1 aliphatic rings. The average Bonchev–Trinajstić information content (AvgIpc) is 2.88. The third kappa shape index (κ3) is 3.81. The van der Waals surface area contributed by atoms with Gasteiger partial charge in [0.15, 0.2) is 0 Å². The molecule has 0 aromatic heterocycles. The lowest BCUT2D eigenvalue weighted by atomic mass is 10.2. The summed E-state index contributed by atoms with van der Waals surface area (Å²) in [6.45, 7) is 2.73. The Balaban J connectivity index is 2.09. The molecule has 1 unspecified atom stereocenters. The number of amides is 1. The van der Waals surface area contributed by atoms with Gasteiger partial charge in [0, 0.05) is 26.1 Å². The Morgan fingerprint density at radius 3 is 2.62 bits per heavy atom. The maximum Gasteiger partial charge on any atom is 0.243 e. The van der Waals surface area contributed by atoms with E-state index in [0.29, 0.717) is 26.1 Å². The van der Waals surface area contributed by atoms with Crippen LogP contribution >= 0.6 is 0 Å². The summed E-state index contributed by atoms with van der Waals surface area (Å²) in [7, 11) is -3.49. The largest absolute Gasteiger partial charge is 0.352 e. The highest BCUT2D eigenvalue weighted by Gasteiger charge is 2.32. The van der Waals surface area contributed by atoms with E-state index in [0.717, 1.165) is 12.0 Å². The number of nitrogens with two attached hydrogens (primary N) is 1. The Hall–Kier alpha value is -1.44. The molecule has 2 rings (SSSR count). The van der Waals surface area contributed by atoms with Gasteiger partial charge in [-0.3, -0.25) is 4.79 Å². The van der Waals surface area contributed by atoms with Crippen LogP contribution in [0.2, 0.25) is 0 Å². The summed E-state index contributed by atoms with van der Waals surface area (Å²) >= 11 is 0. The molecular formula is C14H21N3O3S. The van der Waals surface area contributed by atoms with Crippen LogP contribution < -0.4 is 11.1 Å². The predicted molar refractivity (Wildman–Crippen MR) is 80.2 cm³/mol. The lowest BCUT2D eigenvalue weighted by Gasteiger charge is -2.17. The van der Waals surface area contributed by atoms with Crippen molar-refractivity contribution in [3.63, 3.8) is 0 Å². The van der Waals surface area contributed by atoms with E-state index in [-0.39, 0.29) is 16.8 Å². The smallest absolute Gasteiger partial charge is 0.243 e. The molecule has 1 amide bonds. The Labute approximate surface area is 125 Å². The molecule has 0 radical (unpaired) electrons. The van der Waals surface area contributed by atoms with Crippen molar-refractivity contribution in [1.82, 2.24) is 9.62 Å². The number of carbonyl (C=O) groups excluding carboxylic acids is 1. The average molecular weight is 311 g/mol. The molecular weight excluding hydrogens is 290 g/mol. The molecule has 1 aromatic carbocycles. The first-order chi connectivity index (χ1) is 9.93. The van der Waals surface area contributed by atoms with Crippen molar-refractivity contribution >= 4 is 15.9 Å². The van der Waals surface area contributed by atoms with Gasteiger partial charge in [0.25, 0.3) is 0 Å². The van der Waals surface area contributed by atoms with Crippen molar-refractivity contribution in [3.8, 4) is 0 Å². The highest BCUT2D eigenvalue weighted by molar-refractivity contribution is 7.89. The minimum atomic E-state index is -3.49. The molecule has 1 aromatic rings. The quantitative estimate of drug-likeness (QED) is 0.806. The van der Waals surface area contributed by atoms with Crippen LogP contribution in [0.5, 0.6) is 0 Å². The van der Waals surface area contributed by atoms with Crippen LogP contribution in [0.15, 0.2) is 29.2 Å². The van der Waals surface area contributed by atoms with Crippen LogP contribution in [0, 0.1) is 0 Å². The second-order valence-electron chi connectivity index (χ2n) is 5.23. The number of rotatable bonds is 5. The lowest BCUT2D eigenvalue weighted by Crippen LogP contribution is -2.37. The van der Waals surface area contributed by atoms with Crippen LogP contribution in [-0.4, -0.2) is 44.3 Å². The number of nitrogens with one attached hydrogen (secondary N) is 1. The van der Waals surface area contributed by atoms with Crippen LogP contribution in [0.4, 0.5) is 0 Å². The summed E-state index contributed by atoms with van der Waals surface area (Å²) in [5.41, 5.74) is 6.50. The number of nitrogens with zero attached hydrogens (tertiary/aromatic N) is 1. The fourth-order valence-electron chi connectivity index (χ4n) is 2.50. The zero-order valence-electron chi connectivity index (χ0n) is 12.1. The molecule has 0 saturated carbocycles. The number of hydrogen-bond acceptors (Lipinski definition) is 4. The van der Waals surface area contributed by atoms with Crippen LogP contribution in [0.25, 0.3) is 0 Å². The summed E-state index contributed by atoms with van der Waals surface area (Å²) < 4.78 is 26.5. The molecule has 7 heteroatoms. The second kappa shape index (κ2) is 6.55. The van der Waals surface area contributed by atoms with E-state index >= 15 is 0 Å². The number of sulfonamides is 1. The van der Waals surface area contributed by atoms with Crippen molar-refractivity contribution in [2.24, 2.45) is 5.73 Å². The second-order valence-corrected chi connectivity index (χ2v) is 7.17. The monoisotopic (exact) mass is 311 g/mol. The van der Waals surface area contributed by atoms with E-state index in [2.05, 4.69) is 5.32 Å². The van der Waals surface area contributed by atoms with Crippen LogP contribution in [0.1, 0.15) is 18.9 Å². The lowest BCUT2D eigenvalue weighted by molar-refractivity contribution is -0.119. The van der Waals surface area contributed by atoms with Gasteiger partial charge in [-0.1, -0.05) is 12.1 Å². The summed E-state index contributed by atoms with van der Waals surface area (Å²) in [6, 6.07) is 6.72. The number of benzene rings is 1. The zero-order valence-corrected chi connectivity index (χ0v) is 12.9. The van der Waals surface area contributed by atoms with Gasteiger partial charge >= 0.3 is 0 Å². The van der Waals surface area contributed by atoms with Gasteiger partial charge in [-0.05, 0) is 37.1 Å². The minimum Gasteiger partial charge on any atom is -0.352 e. The normalized spacial score (nSPS) is 19.6. The molecule has 0 spiro atoms. The summed E-state index contributed by atoms with van der Waals surface area (Å²) in [4.78, 5) is 11.3. The molecule has 6 nitrogen and oxygen atoms in total. The van der Waals surface area contributed by atoms with Crippen molar-refractivity contribution in [2.75, 3.05) is 19.6 Å². The minimum absolute atomic E-state index is 0.103. The first kappa shape index (κ1) is 15.9. The Morgan fingerprint density at radius 2 is 2.05 bits per heavy atom. The van der Waals surface area contributed by atoms with Gasteiger partial charge in [-0.2, -0.15) is 4.31 Å². The predicted octanol–water partition coefficient (Wildman–Crippen LogP) is 0.0869. The van der Waals surface area contributed by atoms with Crippen LogP contribution in [-0.2, 0) is 21.2 Å². The van der Waals surface area contributed by atoms with E-state index in [1.807, 2.05) is 0 Å². The molecule has 1 aliphatic heterocycles. The van der Waals surface area contributed by atoms with Gasteiger partial charge in [0.2, 0.25) is 15.9 Å². The summed E-state index contributed by atoms with van der Waals surface area (Å²) in [6.07, 6.45) is 1.37. The van der Waals surface area contributed by atoms with Crippen molar-refractivity contribution in [1.29, 1.82) is 0 Å². The maximum absolute atomic E-state index is 12.5. The molecule has 1 atom stereocenters. The Bertz CT molecular complexity index is 598. The highest BCUT2D eigenvalue weighted by Crippen LogP contribution is 2.21. The van der Waals surface area contributed by atoms with Gasteiger partial charge in [0.1, 0.15) is 0 Å². The third-order valence-corrected chi connectivity index (χ3v) is 5.43. The van der Waals surface area contributed by atoms with Crippen molar-refractivity contribution in [3.05, 3.63) is 29.8 Å². The van der Waals surface area contributed by atoms with E-state index in [1.54, 1.807) is 24.3 Å². The van der Waals surface area contributed by atoms with E-state index in [1.165, 1.54) is 11.2 Å². The first-order valence-electron chi connectivity index (χ1n) is 6.99. The first-order valence-corrected chi connectivity index (χ1v) is 8.44. The summed E-state index contributed by atoms with van der Waals surface area (Å²) in [5, 5.41) is 2.76. The summed E-state index contributed by atoms with van der Waals surface area (Å²) in [5.74, 6) is -0.134. The fourth-order valence-corrected chi connectivity index (χ4v) is 4.00. The van der Waals surface area contributed by atoms with Crippen molar-refractivity contribution < 1.29 is 13.2 Å². The van der Waals surface area contributed by atoms with Crippen molar-refractivity contribution in [2.45, 2.75) is 30.7 Å². The van der Waals surface area contributed by atoms with Gasteiger partial charge in [0.05, 0.1) is 4.90 Å². The van der Waals surface area contributed by atoms with E-state index in [9.17, 15) is 13.2 Å². The van der Waals surface area contributed by atoms with Gasteiger partial charge in [-0.25, -0.2) is 8.42 Å². The third-order valence-electron chi connectivity index (χ3n) is 3.55. The van der Waals surface area contributed by atoms with E-state index in [4.69, 9.17) is 5.73 Å². The Kier molecular flexibility index (Phi) is 4.97. The molecule has 1 saturated heterocycles. The standard InChI is InChI=1S/C14H21N3O3S/c1-11(18)16-13-7-9-17(10-13)21(19,20)14-4-2-12(3-5-14)6-8-15/h2-5,13H,6-10,15H2,1H3,(H,16,18). The highest BCUT2D eigenvalue weighted by atomic mass is 32.2. The van der Waals surface area contributed by atoms with Gasteiger partial charge in [-0.15, -0.1) is 0 Å². The Morgan fingerprint density at radius 1 is 1.38 bits per heavy atom. The topological polar surface area (TPSA) is 92.5 Å². The van der Waals surface area contributed by atoms with Gasteiger partial charge < -0.3 is 11.1 Å². The molecule has 116 valence electrons. The molecule has 1 fully saturated rings. The molecule has 21 heavy (non-hydrogen) atoms. The molecule has 3 N–H and O–H groups in total. The molecule has 0 aliphatic carbocycles. The number of carbonyl (C=O) groups is 1. The van der Waals surface area contributed by atoms with Crippen LogP contribution in [0.3, 0.4) is 0 Å². The van der Waals surface area contributed by atoms with E-state index < -0.39 is 10.0 Å².